The lowest BCUT2D eigenvalue weighted by atomic mass is 9.69. The normalized spacial score (nSPS) is 23.5. The Bertz CT molecular complexity index is 471. The van der Waals surface area contributed by atoms with Crippen LogP contribution in [0.15, 0.2) is 0 Å². The van der Waals surface area contributed by atoms with Gasteiger partial charge in [-0.05, 0) is 26.7 Å². The van der Waals surface area contributed by atoms with Crippen LogP contribution in [0.2, 0.25) is 0 Å². The number of hydrogen-bond acceptors (Lipinski definition) is 3. The summed E-state index contributed by atoms with van der Waals surface area (Å²) >= 11 is 0. The van der Waals surface area contributed by atoms with E-state index in [4.69, 9.17) is 0 Å². The monoisotopic (exact) mass is 297 g/mol. The fraction of sp³-hybridized carbons (Fsp3) is 0.786. The number of carbonyl (C=O) groups is 3. The predicted octanol–water partition coefficient (Wildman–Crippen LogP) is 0.503. The van der Waals surface area contributed by atoms with Crippen LogP contribution in [-0.4, -0.2) is 65.0 Å². The SMILES string of the molecule is CN1CCN(C(=O)NCC2(C(=O)O)CCC2)C(C)(C)C1=O. The minimum absolute atomic E-state index is 0.111. The number of aliphatic carboxylic acids is 1. The summed E-state index contributed by atoms with van der Waals surface area (Å²) in [6.45, 7) is 4.47. The molecule has 21 heavy (non-hydrogen) atoms. The molecule has 2 aliphatic rings. The fourth-order valence-electron chi connectivity index (χ4n) is 2.98. The highest BCUT2D eigenvalue weighted by Crippen LogP contribution is 2.40. The second-order valence-electron chi connectivity index (χ2n) is 6.54. The molecule has 0 atom stereocenters. The largest absolute Gasteiger partial charge is 0.481 e. The maximum absolute atomic E-state index is 12.3. The van der Waals surface area contributed by atoms with E-state index in [0.29, 0.717) is 25.9 Å². The molecule has 2 fully saturated rings. The zero-order valence-electron chi connectivity index (χ0n) is 12.8. The first kappa shape index (κ1) is 15.6. The Labute approximate surface area is 124 Å². The zero-order chi connectivity index (χ0) is 15.8. The van der Waals surface area contributed by atoms with Crippen molar-refractivity contribution < 1.29 is 19.5 Å². The summed E-state index contributed by atoms with van der Waals surface area (Å²) in [5.41, 5.74) is -1.73. The standard InChI is InChI=1S/C14H23N3O4/c1-13(2)10(18)16(3)7-8-17(13)12(21)15-9-14(11(19)20)5-4-6-14/h4-9H2,1-3H3,(H,15,21)(H,19,20). The Morgan fingerprint density at radius 1 is 1.29 bits per heavy atom. The molecular weight excluding hydrogens is 274 g/mol. The average molecular weight is 297 g/mol. The van der Waals surface area contributed by atoms with Crippen LogP contribution in [-0.2, 0) is 9.59 Å². The maximum atomic E-state index is 12.3. The number of carboxylic acids is 1. The summed E-state index contributed by atoms with van der Waals surface area (Å²) in [5, 5.41) is 12.0. The quantitative estimate of drug-likeness (QED) is 0.794. The molecule has 2 N–H and O–H groups in total. The van der Waals surface area contributed by atoms with Gasteiger partial charge in [0.15, 0.2) is 0 Å². The van der Waals surface area contributed by atoms with Crippen LogP contribution in [0.4, 0.5) is 4.79 Å². The van der Waals surface area contributed by atoms with E-state index >= 15 is 0 Å². The van der Waals surface area contributed by atoms with E-state index in [2.05, 4.69) is 5.32 Å². The number of nitrogens with zero attached hydrogens (tertiary/aromatic N) is 2. The molecule has 7 nitrogen and oxygen atoms in total. The number of nitrogens with one attached hydrogen (secondary N) is 1. The highest BCUT2D eigenvalue weighted by Gasteiger charge is 2.46. The maximum Gasteiger partial charge on any atom is 0.318 e. The molecule has 0 radical (unpaired) electrons. The van der Waals surface area contributed by atoms with Crippen molar-refractivity contribution in [1.29, 1.82) is 0 Å². The zero-order valence-corrected chi connectivity index (χ0v) is 12.8. The van der Waals surface area contributed by atoms with E-state index in [9.17, 15) is 19.5 Å². The van der Waals surface area contributed by atoms with Crippen molar-refractivity contribution in [3.63, 3.8) is 0 Å². The minimum Gasteiger partial charge on any atom is -0.481 e. The Balaban J connectivity index is 2.00. The van der Waals surface area contributed by atoms with Gasteiger partial charge in [-0.15, -0.1) is 0 Å². The first-order chi connectivity index (χ1) is 9.70. The third-order valence-electron chi connectivity index (χ3n) is 4.79. The first-order valence-corrected chi connectivity index (χ1v) is 7.25. The Morgan fingerprint density at radius 2 is 1.90 bits per heavy atom. The fourth-order valence-corrected chi connectivity index (χ4v) is 2.98. The lowest BCUT2D eigenvalue weighted by Gasteiger charge is -2.45. The molecule has 1 saturated heterocycles. The highest BCUT2D eigenvalue weighted by atomic mass is 16.4. The molecule has 0 aromatic carbocycles. The molecule has 0 spiro atoms. The number of carboxylic acid groups (broad SMARTS) is 1. The summed E-state index contributed by atoms with van der Waals surface area (Å²) < 4.78 is 0. The van der Waals surface area contributed by atoms with Crippen LogP contribution in [0.1, 0.15) is 33.1 Å². The van der Waals surface area contributed by atoms with Gasteiger partial charge in [-0.25, -0.2) is 4.79 Å². The number of carbonyl (C=O) groups excluding carboxylic acids is 2. The van der Waals surface area contributed by atoms with Crippen LogP contribution in [0.25, 0.3) is 0 Å². The Hall–Kier alpha value is -1.79. The molecule has 118 valence electrons. The number of rotatable bonds is 3. The van der Waals surface area contributed by atoms with E-state index < -0.39 is 16.9 Å². The van der Waals surface area contributed by atoms with Gasteiger partial charge in [0.1, 0.15) is 5.54 Å². The second kappa shape index (κ2) is 5.20. The molecule has 1 saturated carbocycles. The Morgan fingerprint density at radius 3 is 2.38 bits per heavy atom. The number of amides is 3. The number of piperazine rings is 1. The summed E-state index contributed by atoms with van der Waals surface area (Å²) in [6, 6.07) is -0.367. The molecule has 0 aromatic heterocycles. The Kier molecular flexibility index (Phi) is 3.86. The smallest absolute Gasteiger partial charge is 0.318 e. The van der Waals surface area contributed by atoms with Gasteiger partial charge >= 0.3 is 12.0 Å². The third kappa shape index (κ3) is 2.56. The number of likely N-dealkylation sites (N-methyl/N-ethyl adjacent to an activating group) is 1. The molecule has 1 heterocycles. The molecular formula is C14H23N3O4. The number of hydrogen-bond donors (Lipinski definition) is 2. The molecule has 0 bridgehead atoms. The van der Waals surface area contributed by atoms with Gasteiger partial charge in [0.25, 0.3) is 0 Å². The van der Waals surface area contributed by atoms with Crippen molar-refractivity contribution in [2.45, 2.75) is 38.6 Å². The number of urea groups is 1. The van der Waals surface area contributed by atoms with Gasteiger partial charge in [-0.1, -0.05) is 6.42 Å². The average Bonchev–Trinajstić information content (AvgIpc) is 2.34. The van der Waals surface area contributed by atoms with E-state index in [1.165, 1.54) is 4.90 Å². The summed E-state index contributed by atoms with van der Waals surface area (Å²) in [5.74, 6) is -0.969. The van der Waals surface area contributed by atoms with Crippen LogP contribution >= 0.6 is 0 Å². The second-order valence-corrected chi connectivity index (χ2v) is 6.54. The van der Waals surface area contributed by atoms with Crippen molar-refractivity contribution in [2.75, 3.05) is 26.7 Å². The van der Waals surface area contributed by atoms with Gasteiger partial charge in [-0.2, -0.15) is 0 Å². The van der Waals surface area contributed by atoms with Gasteiger partial charge in [0.05, 0.1) is 5.41 Å². The van der Waals surface area contributed by atoms with Crippen molar-refractivity contribution in [2.24, 2.45) is 5.41 Å². The molecule has 1 aliphatic carbocycles. The van der Waals surface area contributed by atoms with E-state index in [1.54, 1.807) is 25.8 Å². The first-order valence-electron chi connectivity index (χ1n) is 7.25. The van der Waals surface area contributed by atoms with Crippen molar-refractivity contribution >= 4 is 17.9 Å². The van der Waals surface area contributed by atoms with Gasteiger partial charge in [0.2, 0.25) is 5.91 Å². The lowest BCUT2D eigenvalue weighted by Crippen LogP contribution is -2.66. The van der Waals surface area contributed by atoms with Crippen LogP contribution < -0.4 is 5.32 Å². The lowest BCUT2D eigenvalue weighted by molar-refractivity contribution is -0.154. The molecule has 1 aliphatic heterocycles. The molecule has 2 rings (SSSR count). The van der Waals surface area contributed by atoms with Crippen LogP contribution in [0, 0.1) is 5.41 Å². The van der Waals surface area contributed by atoms with Crippen molar-refractivity contribution in [1.82, 2.24) is 15.1 Å². The van der Waals surface area contributed by atoms with Crippen LogP contribution in [0.3, 0.4) is 0 Å². The predicted molar refractivity (Wildman–Crippen MR) is 75.7 cm³/mol. The van der Waals surface area contributed by atoms with Crippen molar-refractivity contribution in [3.05, 3.63) is 0 Å². The van der Waals surface area contributed by atoms with Crippen molar-refractivity contribution in [3.8, 4) is 0 Å². The van der Waals surface area contributed by atoms with Crippen LogP contribution in [0.5, 0.6) is 0 Å². The van der Waals surface area contributed by atoms with Gasteiger partial charge < -0.3 is 20.2 Å². The van der Waals surface area contributed by atoms with E-state index in [-0.39, 0.29) is 18.5 Å². The highest BCUT2D eigenvalue weighted by molar-refractivity contribution is 5.91. The molecule has 0 unspecified atom stereocenters. The minimum atomic E-state index is -0.910. The molecule has 3 amide bonds. The molecule has 7 heteroatoms. The van der Waals surface area contributed by atoms with Gasteiger partial charge in [0, 0.05) is 26.7 Å². The summed E-state index contributed by atoms with van der Waals surface area (Å²) in [6.07, 6.45) is 2.06. The van der Waals surface area contributed by atoms with E-state index in [1.807, 2.05) is 0 Å². The summed E-state index contributed by atoms with van der Waals surface area (Å²) in [4.78, 5) is 38.9. The van der Waals surface area contributed by atoms with Gasteiger partial charge in [-0.3, -0.25) is 9.59 Å². The topological polar surface area (TPSA) is 89.9 Å². The molecule has 0 aromatic rings. The third-order valence-corrected chi connectivity index (χ3v) is 4.79. The summed E-state index contributed by atoms with van der Waals surface area (Å²) in [7, 11) is 1.72. The van der Waals surface area contributed by atoms with E-state index in [0.717, 1.165) is 6.42 Å².